The molecule has 0 N–H and O–H groups in total. The highest BCUT2D eigenvalue weighted by Crippen LogP contribution is 2.51. The van der Waals surface area contributed by atoms with Crippen molar-refractivity contribution in [3.63, 3.8) is 0 Å². The summed E-state index contributed by atoms with van der Waals surface area (Å²) in [7, 11) is 0. The van der Waals surface area contributed by atoms with Crippen molar-refractivity contribution >= 4 is 58.6 Å². The second-order valence-corrected chi connectivity index (χ2v) is 8.66. The van der Waals surface area contributed by atoms with Gasteiger partial charge in [-0.05, 0) is 12.8 Å². The number of alkyl halides is 3. The van der Waals surface area contributed by atoms with E-state index in [0.717, 1.165) is 36.4 Å². The van der Waals surface area contributed by atoms with E-state index in [0.29, 0.717) is 11.9 Å². The van der Waals surface area contributed by atoms with Crippen molar-refractivity contribution in [2.24, 2.45) is 5.41 Å². The van der Waals surface area contributed by atoms with Gasteiger partial charge in [0.1, 0.15) is 0 Å². The van der Waals surface area contributed by atoms with Crippen LogP contribution in [-0.4, -0.2) is 19.2 Å². The van der Waals surface area contributed by atoms with Crippen molar-refractivity contribution in [2.75, 3.05) is 0 Å². The van der Waals surface area contributed by atoms with Crippen molar-refractivity contribution < 1.29 is 9.59 Å². The summed E-state index contributed by atoms with van der Waals surface area (Å²) in [6, 6.07) is 0. The van der Waals surface area contributed by atoms with Gasteiger partial charge >= 0.3 is 0 Å². The molecule has 2 fully saturated rings. The summed E-state index contributed by atoms with van der Waals surface area (Å²) >= 11 is 17.5. The van der Waals surface area contributed by atoms with E-state index in [2.05, 4.69) is 0 Å². The molecule has 7 heteroatoms. The van der Waals surface area contributed by atoms with E-state index in [1.165, 1.54) is 0 Å². The zero-order chi connectivity index (χ0) is 12.7. The fraction of sp³-hybridized carbons (Fsp3) is 0.800. The normalized spacial score (nSPS) is 24.8. The first-order valence-electron chi connectivity index (χ1n) is 5.47. The third-order valence-electron chi connectivity index (χ3n) is 3.36. The van der Waals surface area contributed by atoms with Gasteiger partial charge in [-0.15, -0.1) is 0 Å². The number of amides is 2. The van der Waals surface area contributed by atoms with E-state index in [4.69, 9.17) is 34.8 Å². The van der Waals surface area contributed by atoms with Crippen LogP contribution < -0.4 is 0 Å². The number of rotatable bonds is 1. The third-order valence-corrected chi connectivity index (χ3v) is 4.74. The molecule has 0 radical (unpaired) electrons. The molecular formula is C10H12Cl3NO2S. The summed E-state index contributed by atoms with van der Waals surface area (Å²) in [6.07, 6.45) is 4.92. The predicted molar refractivity (Wildman–Crippen MR) is 69.9 cm³/mol. The van der Waals surface area contributed by atoms with Crippen molar-refractivity contribution in [1.82, 2.24) is 4.31 Å². The molecule has 3 nitrogen and oxygen atoms in total. The molecule has 1 aliphatic heterocycles. The third kappa shape index (κ3) is 2.86. The van der Waals surface area contributed by atoms with Gasteiger partial charge in [0.2, 0.25) is 11.8 Å². The fourth-order valence-corrected chi connectivity index (χ4v) is 3.85. The van der Waals surface area contributed by atoms with Crippen molar-refractivity contribution in [2.45, 2.75) is 41.6 Å². The van der Waals surface area contributed by atoms with Gasteiger partial charge in [0.05, 0.1) is 5.41 Å². The molecule has 0 aromatic rings. The quantitative estimate of drug-likeness (QED) is 0.421. The molecule has 1 spiro atoms. The molecule has 2 rings (SSSR count). The van der Waals surface area contributed by atoms with Crippen LogP contribution in [-0.2, 0) is 9.59 Å². The van der Waals surface area contributed by atoms with Gasteiger partial charge in [0, 0.05) is 18.4 Å². The Morgan fingerprint density at radius 3 is 2.24 bits per heavy atom. The summed E-state index contributed by atoms with van der Waals surface area (Å²) in [5.41, 5.74) is -0.516. The van der Waals surface area contributed by atoms with Gasteiger partial charge in [-0.2, -0.15) is 0 Å². The molecule has 0 bridgehead atoms. The Kier molecular flexibility index (Phi) is 3.89. The zero-order valence-electron chi connectivity index (χ0n) is 9.05. The lowest BCUT2D eigenvalue weighted by Crippen LogP contribution is -2.34. The summed E-state index contributed by atoms with van der Waals surface area (Å²) < 4.78 is -0.635. The maximum absolute atomic E-state index is 12.3. The van der Waals surface area contributed by atoms with E-state index in [1.807, 2.05) is 0 Å². The number of hydrogen-bond donors (Lipinski definition) is 0. The Morgan fingerprint density at radius 2 is 1.71 bits per heavy atom. The molecule has 1 saturated carbocycles. The Morgan fingerprint density at radius 1 is 1.12 bits per heavy atom. The topological polar surface area (TPSA) is 37.4 Å². The van der Waals surface area contributed by atoms with Crippen LogP contribution in [0.1, 0.15) is 38.5 Å². The number of imide groups is 1. The average Bonchev–Trinajstić information content (AvgIpc) is 2.43. The average molecular weight is 317 g/mol. The van der Waals surface area contributed by atoms with E-state index in [1.54, 1.807) is 0 Å². The lowest BCUT2D eigenvalue weighted by atomic mass is 9.73. The Labute approximate surface area is 119 Å². The molecule has 0 unspecified atom stereocenters. The van der Waals surface area contributed by atoms with E-state index < -0.39 is 8.54 Å². The van der Waals surface area contributed by atoms with Gasteiger partial charge < -0.3 is 0 Å². The zero-order valence-corrected chi connectivity index (χ0v) is 12.1. The maximum atomic E-state index is 12.3. The monoisotopic (exact) mass is 315 g/mol. The van der Waals surface area contributed by atoms with E-state index in [9.17, 15) is 9.59 Å². The molecule has 2 aliphatic rings. The van der Waals surface area contributed by atoms with Crippen LogP contribution >= 0.6 is 46.8 Å². The van der Waals surface area contributed by atoms with Crippen LogP contribution in [0.2, 0.25) is 0 Å². The van der Waals surface area contributed by atoms with Crippen LogP contribution in [0.3, 0.4) is 0 Å². The first-order valence-corrected chi connectivity index (χ1v) is 7.38. The molecule has 1 heterocycles. The Bertz CT molecular complexity index is 350. The molecule has 96 valence electrons. The highest BCUT2D eigenvalue weighted by atomic mass is 35.6. The largest absolute Gasteiger partial charge is 0.273 e. The minimum absolute atomic E-state index is 0.182. The Balaban J connectivity index is 2.16. The molecule has 0 atom stereocenters. The van der Waals surface area contributed by atoms with Crippen molar-refractivity contribution in [1.29, 1.82) is 0 Å². The van der Waals surface area contributed by atoms with Crippen LogP contribution in [0.4, 0.5) is 0 Å². The van der Waals surface area contributed by atoms with Crippen LogP contribution in [0.15, 0.2) is 0 Å². The highest BCUT2D eigenvalue weighted by molar-refractivity contribution is 8.03. The number of hydrogen-bond acceptors (Lipinski definition) is 3. The van der Waals surface area contributed by atoms with Gasteiger partial charge in [-0.3, -0.25) is 9.59 Å². The Hall–Kier alpha value is 0.360. The summed E-state index contributed by atoms with van der Waals surface area (Å²) in [5, 5.41) is 0. The highest BCUT2D eigenvalue weighted by Gasteiger charge is 2.53. The second kappa shape index (κ2) is 4.80. The summed E-state index contributed by atoms with van der Waals surface area (Å²) in [5.74, 6) is -0.424. The van der Waals surface area contributed by atoms with Gasteiger partial charge in [-0.1, -0.05) is 54.1 Å². The fourth-order valence-electron chi connectivity index (χ4n) is 2.58. The number of halogens is 3. The minimum Gasteiger partial charge on any atom is -0.273 e. The maximum Gasteiger partial charge on any atom is 0.256 e. The SMILES string of the molecule is O=C1CC2(CCCCC2)C(=O)N1SC(Cl)(Cl)Cl. The number of carbonyl (C=O) groups excluding carboxylic acids is 2. The van der Waals surface area contributed by atoms with Crippen LogP contribution in [0.5, 0.6) is 0 Å². The van der Waals surface area contributed by atoms with Gasteiger partial charge in [-0.25, -0.2) is 4.31 Å². The lowest BCUT2D eigenvalue weighted by Gasteiger charge is -2.30. The van der Waals surface area contributed by atoms with E-state index >= 15 is 0 Å². The van der Waals surface area contributed by atoms with Crippen molar-refractivity contribution in [3.8, 4) is 0 Å². The summed E-state index contributed by atoms with van der Waals surface area (Å²) in [4.78, 5) is 24.1. The van der Waals surface area contributed by atoms with Crippen molar-refractivity contribution in [3.05, 3.63) is 0 Å². The number of carbonyl (C=O) groups is 2. The lowest BCUT2D eigenvalue weighted by molar-refractivity contribution is -0.135. The second-order valence-electron chi connectivity index (χ2n) is 4.55. The molecule has 1 saturated heterocycles. The van der Waals surface area contributed by atoms with Crippen LogP contribution in [0.25, 0.3) is 0 Å². The molecule has 17 heavy (non-hydrogen) atoms. The standard InChI is InChI=1S/C10H12Cl3NO2S/c11-10(12,13)17-14-7(15)6-9(8(14)16)4-2-1-3-5-9/h1-6H2. The molecule has 0 aromatic carbocycles. The van der Waals surface area contributed by atoms with E-state index in [-0.39, 0.29) is 18.2 Å². The predicted octanol–water partition coefficient (Wildman–Crippen LogP) is 3.67. The first kappa shape index (κ1) is 13.8. The molecule has 1 aliphatic carbocycles. The smallest absolute Gasteiger partial charge is 0.256 e. The van der Waals surface area contributed by atoms with Gasteiger partial charge in [0.25, 0.3) is 3.12 Å². The molecule has 0 aromatic heterocycles. The molecular weight excluding hydrogens is 305 g/mol. The number of nitrogens with zero attached hydrogens (tertiary/aromatic N) is 1. The summed E-state index contributed by atoms with van der Waals surface area (Å²) in [6.45, 7) is 0. The minimum atomic E-state index is -1.68. The first-order chi connectivity index (χ1) is 7.84. The molecule has 2 amide bonds. The van der Waals surface area contributed by atoms with Gasteiger partial charge in [0.15, 0.2) is 0 Å². The van der Waals surface area contributed by atoms with Crippen LogP contribution in [0, 0.1) is 5.41 Å².